The van der Waals surface area contributed by atoms with E-state index in [0.717, 1.165) is 16.7 Å². The highest BCUT2D eigenvalue weighted by molar-refractivity contribution is 5.73. The van der Waals surface area contributed by atoms with E-state index in [9.17, 15) is 28.2 Å². The lowest BCUT2D eigenvalue weighted by atomic mass is 9.49. The van der Waals surface area contributed by atoms with Crippen molar-refractivity contribution in [3.8, 4) is 0 Å². The molecule has 6 rings (SSSR count). The smallest absolute Gasteiger partial charge is 0.385 e. The number of fused-ring (bicyclic) bond motifs is 4. The van der Waals surface area contributed by atoms with E-state index in [-0.39, 0.29) is 43.2 Å². The number of hydrogen-bond acceptors (Lipinski definition) is 5. The average Bonchev–Trinajstić information content (AvgIpc) is 3.28. The first-order valence-corrected chi connectivity index (χ1v) is 16.8. The second-order valence-electron chi connectivity index (χ2n) is 15.6. The lowest BCUT2D eigenvalue weighted by molar-refractivity contribution is -0.362. The highest BCUT2D eigenvalue weighted by atomic mass is 19.4. The van der Waals surface area contributed by atoms with Crippen molar-refractivity contribution in [1.82, 2.24) is 10.6 Å². The molecule has 262 valence electrons. The summed E-state index contributed by atoms with van der Waals surface area (Å²) in [6, 6.07) is 6.92. The van der Waals surface area contributed by atoms with E-state index < -0.39 is 52.8 Å². The number of allylic oxidation sites excluding steroid dienone is 1. The van der Waals surface area contributed by atoms with Crippen LogP contribution in [0.3, 0.4) is 0 Å². The molecule has 0 radical (unpaired) electrons. The maximum atomic E-state index is 15.3. The van der Waals surface area contributed by atoms with Crippen molar-refractivity contribution in [1.29, 1.82) is 0 Å². The number of rotatable bonds is 5. The molecule has 2 amide bonds. The van der Waals surface area contributed by atoms with Crippen molar-refractivity contribution in [2.75, 3.05) is 19.8 Å². The number of benzene rings is 1. The molecule has 1 aromatic rings. The van der Waals surface area contributed by atoms with Gasteiger partial charge in [-0.3, -0.25) is 0 Å². The molecule has 0 bridgehead atoms. The Morgan fingerprint density at radius 1 is 0.957 bits per heavy atom. The van der Waals surface area contributed by atoms with Crippen molar-refractivity contribution in [2.24, 2.45) is 22.7 Å². The number of ether oxygens (including phenoxy) is 2. The van der Waals surface area contributed by atoms with Gasteiger partial charge in [0.1, 0.15) is 5.60 Å². The molecular formula is C35H47F5N2O5. The minimum absolute atomic E-state index is 0.0287. The zero-order valence-electron chi connectivity index (χ0n) is 27.5. The number of amides is 2. The lowest BCUT2D eigenvalue weighted by Gasteiger charge is -2.59. The van der Waals surface area contributed by atoms with Crippen LogP contribution >= 0.6 is 0 Å². The van der Waals surface area contributed by atoms with Gasteiger partial charge in [0, 0.05) is 42.7 Å². The molecule has 12 heteroatoms. The molecule has 7 nitrogen and oxygen atoms in total. The molecule has 5 aliphatic rings. The summed E-state index contributed by atoms with van der Waals surface area (Å²) in [4.78, 5) is 11.9. The van der Waals surface area contributed by atoms with Crippen LogP contribution in [0.4, 0.5) is 26.7 Å². The molecule has 1 aromatic carbocycles. The molecule has 6 atom stereocenters. The minimum atomic E-state index is -5.91. The number of hydrogen-bond donors (Lipinski definition) is 4. The fourth-order valence-corrected chi connectivity index (χ4v) is 9.58. The summed E-state index contributed by atoms with van der Waals surface area (Å²) in [5.74, 6) is -7.86. The Kier molecular flexibility index (Phi) is 8.38. The van der Waals surface area contributed by atoms with E-state index in [0.29, 0.717) is 51.0 Å². The second kappa shape index (κ2) is 11.4. The van der Waals surface area contributed by atoms with Crippen LogP contribution in [0.25, 0.3) is 0 Å². The predicted octanol–water partition coefficient (Wildman–Crippen LogP) is 6.73. The normalized spacial score (nSPS) is 36.4. The highest BCUT2D eigenvalue weighted by Crippen LogP contribution is 2.71. The average molecular weight is 671 g/mol. The number of halogens is 5. The van der Waals surface area contributed by atoms with E-state index in [4.69, 9.17) is 9.47 Å². The summed E-state index contributed by atoms with van der Waals surface area (Å²) >= 11 is 0. The summed E-state index contributed by atoms with van der Waals surface area (Å²) in [6.45, 7) is 8.97. The Bertz CT molecular complexity index is 1400. The topological polar surface area (TPSA) is 100 Å². The Labute approximate surface area is 272 Å². The van der Waals surface area contributed by atoms with Gasteiger partial charge in [-0.1, -0.05) is 50.6 Å². The van der Waals surface area contributed by atoms with Gasteiger partial charge in [0.2, 0.25) is 0 Å². The van der Waals surface area contributed by atoms with Gasteiger partial charge in [-0.15, -0.1) is 0 Å². The third kappa shape index (κ3) is 5.49. The van der Waals surface area contributed by atoms with E-state index in [1.165, 1.54) is 6.92 Å². The molecule has 1 spiro atoms. The minimum Gasteiger partial charge on any atom is -0.385 e. The zero-order valence-corrected chi connectivity index (χ0v) is 27.5. The van der Waals surface area contributed by atoms with Crippen LogP contribution in [0.2, 0.25) is 0 Å². The molecule has 3 saturated carbocycles. The number of carbonyl (C=O) groups is 1. The SMILES string of the molecule is CCNC(=O)NCc1ccc([C@H]2C[C@@]3(C)C(CC[C@@]3(O)C(F)(F)C(F)(F)F)C3CCC4(O)CC5(CCC4=C32)OCC(C)(C)CO5)cc1. The van der Waals surface area contributed by atoms with Gasteiger partial charge < -0.3 is 30.3 Å². The Morgan fingerprint density at radius 2 is 1.62 bits per heavy atom. The van der Waals surface area contributed by atoms with Crippen LogP contribution in [0.1, 0.15) is 96.1 Å². The van der Waals surface area contributed by atoms with Crippen LogP contribution < -0.4 is 10.6 Å². The summed E-state index contributed by atoms with van der Waals surface area (Å²) in [5.41, 5.74) is -3.28. The molecule has 1 saturated heterocycles. The summed E-state index contributed by atoms with van der Waals surface area (Å²) in [6.07, 6.45) is -4.84. The number of carbonyl (C=O) groups excluding carboxylic acids is 1. The standard InChI is InChI=1S/C35H47F5N2O5/c1-5-41-28(43)42-17-21-6-8-22(9-7-21)24-16-30(4)25(12-15-33(30,45)34(36,37)35(38,39)40)23-10-13-31(44)18-32(14-11-26(31)27(23)24)46-19-29(2,3)20-47-32/h6-9,23-25,44-45H,5,10-20H2,1-4H3,(H2,41,42,43)/t23?,24-,25?,30+,31?,33+/m1/s1. The van der Waals surface area contributed by atoms with Crippen LogP contribution in [0.5, 0.6) is 0 Å². The van der Waals surface area contributed by atoms with E-state index in [1.807, 2.05) is 26.0 Å². The van der Waals surface area contributed by atoms with Crippen molar-refractivity contribution < 1.29 is 46.4 Å². The maximum Gasteiger partial charge on any atom is 0.456 e. The molecule has 4 aliphatic carbocycles. The quantitative estimate of drug-likeness (QED) is 0.206. The Morgan fingerprint density at radius 3 is 2.23 bits per heavy atom. The summed E-state index contributed by atoms with van der Waals surface area (Å²) < 4.78 is 85.0. The number of alkyl halides is 5. The molecule has 0 aromatic heterocycles. The Balaban J connectivity index is 1.40. The first kappa shape index (κ1) is 34.6. The van der Waals surface area contributed by atoms with Gasteiger partial charge >= 0.3 is 18.1 Å². The number of urea groups is 1. The zero-order chi connectivity index (χ0) is 34.3. The van der Waals surface area contributed by atoms with E-state index >= 15 is 8.78 Å². The van der Waals surface area contributed by atoms with Crippen LogP contribution in [-0.4, -0.2) is 65.1 Å². The van der Waals surface area contributed by atoms with Crippen LogP contribution in [-0.2, 0) is 16.0 Å². The van der Waals surface area contributed by atoms with Gasteiger partial charge in [-0.2, -0.15) is 22.0 Å². The van der Waals surface area contributed by atoms with Gasteiger partial charge in [-0.25, -0.2) is 4.79 Å². The van der Waals surface area contributed by atoms with Crippen molar-refractivity contribution in [3.63, 3.8) is 0 Å². The van der Waals surface area contributed by atoms with E-state index in [2.05, 4.69) is 10.6 Å². The van der Waals surface area contributed by atoms with Gasteiger partial charge in [0.15, 0.2) is 5.79 Å². The first-order chi connectivity index (χ1) is 21.8. The predicted molar refractivity (Wildman–Crippen MR) is 163 cm³/mol. The lowest BCUT2D eigenvalue weighted by Crippen LogP contribution is -2.65. The third-order valence-corrected chi connectivity index (χ3v) is 12.1. The number of aliphatic hydroxyl groups is 2. The molecule has 4 N–H and O–H groups in total. The fourth-order valence-electron chi connectivity index (χ4n) is 9.58. The van der Waals surface area contributed by atoms with Crippen molar-refractivity contribution >= 4 is 6.03 Å². The highest BCUT2D eigenvalue weighted by Gasteiger charge is 2.79. The van der Waals surface area contributed by atoms with Gasteiger partial charge in [0.05, 0.1) is 18.8 Å². The molecule has 1 heterocycles. The molecule has 1 aliphatic heterocycles. The van der Waals surface area contributed by atoms with Crippen LogP contribution in [0, 0.1) is 22.7 Å². The number of nitrogens with one attached hydrogen (secondary N) is 2. The van der Waals surface area contributed by atoms with Crippen molar-refractivity contribution in [2.45, 2.75) is 121 Å². The van der Waals surface area contributed by atoms with Crippen molar-refractivity contribution in [3.05, 3.63) is 46.5 Å². The Hall–Kier alpha value is -2.28. The molecular weight excluding hydrogens is 623 g/mol. The molecule has 4 fully saturated rings. The van der Waals surface area contributed by atoms with Crippen LogP contribution in [0.15, 0.2) is 35.4 Å². The van der Waals surface area contributed by atoms with Gasteiger partial charge in [-0.05, 0) is 74.0 Å². The molecule has 47 heavy (non-hydrogen) atoms. The second-order valence-corrected chi connectivity index (χ2v) is 15.6. The summed E-state index contributed by atoms with van der Waals surface area (Å²) in [5, 5.41) is 29.3. The fraction of sp³-hybridized carbons (Fsp3) is 0.743. The molecule has 3 unspecified atom stereocenters. The largest absolute Gasteiger partial charge is 0.456 e. The monoisotopic (exact) mass is 670 g/mol. The summed E-state index contributed by atoms with van der Waals surface area (Å²) in [7, 11) is 0. The maximum absolute atomic E-state index is 15.3. The third-order valence-electron chi connectivity index (χ3n) is 12.1. The van der Waals surface area contributed by atoms with E-state index in [1.54, 1.807) is 19.1 Å². The van der Waals surface area contributed by atoms with Gasteiger partial charge in [0.25, 0.3) is 0 Å². The first-order valence-electron chi connectivity index (χ1n) is 16.8.